The number of nitrogens with one attached hydrogen (secondary N) is 1. The van der Waals surface area contributed by atoms with Gasteiger partial charge in [0.2, 0.25) is 11.8 Å². The van der Waals surface area contributed by atoms with Crippen molar-refractivity contribution in [1.82, 2.24) is 10.2 Å². The van der Waals surface area contributed by atoms with Crippen LogP contribution in [0.25, 0.3) is 0 Å². The highest BCUT2D eigenvalue weighted by Crippen LogP contribution is 2.26. The summed E-state index contributed by atoms with van der Waals surface area (Å²) in [6.45, 7) is 3.66. The third-order valence-electron chi connectivity index (χ3n) is 7.16. The quantitative estimate of drug-likeness (QED) is 0.281. The lowest BCUT2D eigenvalue weighted by atomic mass is 10.1. The van der Waals surface area contributed by atoms with Crippen LogP contribution in [0.3, 0.4) is 0 Å². The lowest BCUT2D eigenvalue weighted by Crippen LogP contribution is -2.52. The first-order chi connectivity index (χ1) is 19.7. The van der Waals surface area contributed by atoms with Gasteiger partial charge in [-0.1, -0.05) is 59.1 Å². The van der Waals surface area contributed by atoms with Crippen molar-refractivity contribution in [2.75, 3.05) is 17.5 Å². The zero-order chi connectivity index (χ0) is 29.4. The van der Waals surface area contributed by atoms with Gasteiger partial charge in [0.15, 0.2) is 0 Å². The Morgan fingerprint density at radius 3 is 2.32 bits per heavy atom. The zero-order valence-corrected chi connectivity index (χ0v) is 25.7. The molecule has 0 aliphatic heterocycles. The minimum Gasteiger partial charge on any atom is -0.494 e. The van der Waals surface area contributed by atoms with Crippen molar-refractivity contribution in [3.8, 4) is 5.75 Å². The number of nitrogens with zero attached hydrogens (tertiary/aromatic N) is 2. The third kappa shape index (κ3) is 7.89. The summed E-state index contributed by atoms with van der Waals surface area (Å²) in [5.74, 6) is -0.186. The molecule has 0 radical (unpaired) electrons. The number of ether oxygens (including phenoxy) is 1. The monoisotopic (exact) mass is 641 g/mol. The van der Waals surface area contributed by atoms with Gasteiger partial charge in [-0.25, -0.2) is 8.42 Å². The molecule has 4 rings (SSSR count). The Morgan fingerprint density at radius 1 is 1.00 bits per heavy atom. The molecule has 1 fully saturated rings. The summed E-state index contributed by atoms with van der Waals surface area (Å²) in [5, 5.41) is 3.08. The van der Waals surface area contributed by atoms with Crippen LogP contribution in [0.2, 0.25) is 0 Å². The Bertz CT molecular complexity index is 1430. The summed E-state index contributed by atoms with van der Waals surface area (Å²) >= 11 is 3.47. The first-order valence-corrected chi connectivity index (χ1v) is 16.1. The first-order valence-electron chi connectivity index (χ1n) is 13.8. The van der Waals surface area contributed by atoms with Crippen molar-refractivity contribution in [1.29, 1.82) is 0 Å². The van der Waals surface area contributed by atoms with Crippen molar-refractivity contribution in [3.05, 3.63) is 88.9 Å². The molecule has 0 spiro atoms. The number of hydrogen-bond acceptors (Lipinski definition) is 5. The number of carbonyl (C=O) groups excluding carboxylic acids is 2. The molecule has 1 atom stereocenters. The fourth-order valence-corrected chi connectivity index (χ4v) is 6.79. The minimum absolute atomic E-state index is 0.0307. The van der Waals surface area contributed by atoms with E-state index in [1.54, 1.807) is 49.4 Å². The van der Waals surface area contributed by atoms with E-state index in [-0.39, 0.29) is 23.4 Å². The van der Waals surface area contributed by atoms with Crippen LogP contribution in [-0.4, -0.2) is 50.4 Å². The summed E-state index contributed by atoms with van der Waals surface area (Å²) in [6, 6.07) is 21.4. The molecule has 0 aromatic heterocycles. The van der Waals surface area contributed by atoms with Crippen LogP contribution in [0.1, 0.15) is 45.1 Å². The number of amides is 2. The number of benzene rings is 3. The Balaban J connectivity index is 1.66. The van der Waals surface area contributed by atoms with Crippen molar-refractivity contribution in [3.63, 3.8) is 0 Å². The molecule has 1 aliphatic carbocycles. The number of sulfonamides is 1. The van der Waals surface area contributed by atoms with Gasteiger partial charge in [-0.15, -0.1) is 0 Å². The molecule has 2 amide bonds. The Kier molecular flexibility index (Phi) is 10.4. The molecule has 1 aliphatic rings. The highest BCUT2D eigenvalue weighted by Gasteiger charge is 2.33. The average Bonchev–Trinajstić information content (AvgIpc) is 3.48. The summed E-state index contributed by atoms with van der Waals surface area (Å²) in [6.07, 6.45) is 3.96. The van der Waals surface area contributed by atoms with Crippen LogP contribution in [0.5, 0.6) is 5.75 Å². The van der Waals surface area contributed by atoms with E-state index in [2.05, 4.69) is 21.2 Å². The van der Waals surface area contributed by atoms with Gasteiger partial charge in [-0.2, -0.15) is 0 Å². The molecule has 8 nitrogen and oxygen atoms in total. The molecule has 3 aromatic rings. The molecular weight excluding hydrogens is 606 g/mol. The maximum Gasteiger partial charge on any atom is 0.264 e. The van der Waals surface area contributed by atoms with E-state index >= 15 is 0 Å². The highest BCUT2D eigenvalue weighted by molar-refractivity contribution is 9.10. The lowest BCUT2D eigenvalue weighted by Gasteiger charge is -2.32. The van der Waals surface area contributed by atoms with E-state index in [1.807, 2.05) is 31.2 Å². The van der Waals surface area contributed by atoms with Crippen molar-refractivity contribution < 1.29 is 22.7 Å². The van der Waals surface area contributed by atoms with Gasteiger partial charge in [0, 0.05) is 17.1 Å². The van der Waals surface area contributed by atoms with Gasteiger partial charge in [0.05, 0.1) is 17.2 Å². The number of para-hydroxylation sites is 1. The standard InChI is InChI=1S/C31H36BrN3O5S/c1-3-40-28-16-18-29(19-17-28)41(38,39)35(27-14-5-4-6-15-27)22-30(36)34(21-24-10-9-11-25(32)20-24)23(2)31(37)33-26-12-7-8-13-26/h4-6,9-11,14-20,23,26H,3,7-8,12-13,21-22H2,1-2H3,(H,33,37)/t23-/m1/s1. The molecule has 1 N–H and O–H groups in total. The van der Waals surface area contributed by atoms with Gasteiger partial charge in [0.1, 0.15) is 18.3 Å². The Hall–Kier alpha value is -3.37. The average molecular weight is 643 g/mol. The number of halogens is 1. The number of hydrogen-bond donors (Lipinski definition) is 1. The lowest BCUT2D eigenvalue weighted by molar-refractivity contribution is -0.139. The molecule has 218 valence electrons. The zero-order valence-electron chi connectivity index (χ0n) is 23.3. The number of carbonyl (C=O) groups is 2. The summed E-state index contributed by atoms with van der Waals surface area (Å²) in [7, 11) is -4.14. The molecule has 0 unspecified atom stereocenters. The fraction of sp³-hybridized carbons (Fsp3) is 0.355. The smallest absolute Gasteiger partial charge is 0.264 e. The summed E-state index contributed by atoms with van der Waals surface area (Å²) < 4.78 is 35.3. The summed E-state index contributed by atoms with van der Waals surface area (Å²) in [4.78, 5) is 28.8. The summed E-state index contributed by atoms with van der Waals surface area (Å²) in [5.41, 5.74) is 1.16. The first kappa shape index (κ1) is 30.6. The predicted molar refractivity (Wildman–Crippen MR) is 163 cm³/mol. The van der Waals surface area contributed by atoms with Gasteiger partial charge < -0.3 is 15.0 Å². The van der Waals surface area contributed by atoms with E-state index < -0.39 is 28.5 Å². The normalized spacial score (nSPS) is 14.3. The van der Waals surface area contributed by atoms with Gasteiger partial charge in [0.25, 0.3) is 10.0 Å². The van der Waals surface area contributed by atoms with Crippen LogP contribution < -0.4 is 14.4 Å². The van der Waals surface area contributed by atoms with Crippen LogP contribution in [0.4, 0.5) is 5.69 Å². The van der Waals surface area contributed by atoms with Crippen molar-refractivity contribution >= 4 is 43.5 Å². The predicted octanol–water partition coefficient (Wildman–Crippen LogP) is 5.52. The molecule has 0 saturated heterocycles. The number of anilines is 1. The molecule has 1 saturated carbocycles. The van der Waals surface area contributed by atoms with Crippen LogP contribution in [0, 0.1) is 0 Å². The maximum atomic E-state index is 14.0. The second-order valence-corrected chi connectivity index (χ2v) is 12.8. The van der Waals surface area contributed by atoms with Gasteiger partial charge in [-0.3, -0.25) is 13.9 Å². The molecule has 10 heteroatoms. The van der Waals surface area contributed by atoms with Gasteiger partial charge >= 0.3 is 0 Å². The Labute approximate surface area is 250 Å². The SMILES string of the molecule is CCOc1ccc(S(=O)(=O)N(CC(=O)N(Cc2cccc(Br)c2)[C@H](C)C(=O)NC2CCCC2)c2ccccc2)cc1. The second kappa shape index (κ2) is 14.0. The van der Waals surface area contributed by atoms with Crippen molar-refractivity contribution in [2.45, 2.75) is 63.1 Å². The van der Waals surface area contributed by atoms with E-state index in [0.717, 1.165) is 40.0 Å². The molecule has 3 aromatic carbocycles. The van der Waals surface area contributed by atoms with Crippen LogP contribution in [-0.2, 0) is 26.2 Å². The minimum atomic E-state index is -4.14. The van der Waals surface area contributed by atoms with Crippen LogP contribution in [0.15, 0.2) is 88.2 Å². The van der Waals surface area contributed by atoms with E-state index in [1.165, 1.54) is 17.0 Å². The topological polar surface area (TPSA) is 96.0 Å². The molecular formula is C31H36BrN3O5S. The third-order valence-corrected chi connectivity index (χ3v) is 9.44. The Morgan fingerprint density at radius 2 is 1.68 bits per heavy atom. The second-order valence-electron chi connectivity index (χ2n) is 10.1. The number of rotatable bonds is 12. The van der Waals surface area contributed by atoms with E-state index in [4.69, 9.17) is 4.74 Å². The van der Waals surface area contributed by atoms with E-state index in [0.29, 0.717) is 18.0 Å². The van der Waals surface area contributed by atoms with Crippen molar-refractivity contribution in [2.24, 2.45) is 0 Å². The highest BCUT2D eigenvalue weighted by atomic mass is 79.9. The molecule has 0 bridgehead atoms. The van der Waals surface area contributed by atoms with E-state index in [9.17, 15) is 18.0 Å². The maximum absolute atomic E-state index is 14.0. The van der Waals surface area contributed by atoms with Crippen LogP contribution >= 0.6 is 15.9 Å². The fourth-order valence-electron chi connectivity index (χ4n) is 4.93. The largest absolute Gasteiger partial charge is 0.494 e. The molecule has 41 heavy (non-hydrogen) atoms. The molecule has 0 heterocycles. The van der Waals surface area contributed by atoms with Gasteiger partial charge in [-0.05, 0) is 80.8 Å².